The van der Waals surface area contributed by atoms with Gasteiger partial charge in [0.1, 0.15) is 5.75 Å². The lowest BCUT2D eigenvalue weighted by Crippen LogP contribution is -2.39. The fraction of sp³-hybridized carbons (Fsp3) is 0.304. The molecule has 0 bridgehead atoms. The number of para-hydroxylation sites is 1. The first-order valence-electron chi connectivity index (χ1n) is 9.96. The number of anilines is 1. The molecule has 0 aliphatic rings. The van der Waals surface area contributed by atoms with Crippen LogP contribution >= 0.6 is 0 Å². The maximum Gasteiger partial charge on any atom is 0.329 e. The van der Waals surface area contributed by atoms with Crippen LogP contribution in [-0.4, -0.2) is 37.1 Å². The van der Waals surface area contributed by atoms with Crippen LogP contribution in [0.1, 0.15) is 30.5 Å². The van der Waals surface area contributed by atoms with E-state index in [4.69, 9.17) is 4.74 Å². The van der Waals surface area contributed by atoms with Crippen LogP contribution in [0.4, 0.5) is 5.69 Å². The molecule has 0 unspecified atom stereocenters. The van der Waals surface area contributed by atoms with Crippen LogP contribution in [0.2, 0.25) is 0 Å². The molecule has 0 radical (unpaired) electrons. The summed E-state index contributed by atoms with van der Waals surface area (Å²) in [6.07, 6.45) is 1.35. The van der Waals surface area contributed by atoms with Crippen molar-refractivity contribution in [2.45, 2.75) is 27.7 Å². The van der Waals surface area contributed by atoms with Crippen molar-refractivity contribution in [3.05, 3.63) is 59.2 Å². The third-order valence-electron chi connectivity index (χ3n) is 4.18. The van der Waals surface area contributed by atoms with Crippen molar-refractivity contribution in [2.75, 3.05) is 18.5 Å². The minimum Gasteiger partial charge on any atom is -0.483 e. The molecule has 164 valence electrons. The average molecular weight is 425 g/mol. The maximum atomic E-state index is 12.3. The number of ether oxygens (including phenoxy) is 1. The lowest BCUT2D eigenvalue weighted by atomic mass is 10.1. The predicted octanol–water partition coefficient (Wildman–Crippen LogP) is 2.54. The summed E-state index contributed by atoms with van der Waals surface area (Å²) in [5.41, 5.74) is 5.53. The molecule has 0 saturated carbocycles. The van der Waals surface area contributed by atoms with Gasteiger partial charge in [-0.15, -0.1) is 0 Å². The van der Waals surface area contributed by atoms with Crippen molar-refractivity contribution >= 4 is 29.6 Å². The average Bonchev–Trinajstić information content (AvgIpc) is 2.73. The van der Waals surface area contributed by atoms with Crippen molar-refractivity contribution in [3.63, 3.8) is 0 Å². The third-order valence-corrected chi connectivity index (χ3v) is 4.18. The molecule has 31 heavy (non-hydrogen) atoms. The smallest absolute Gasteiger partial charge is 0.329 e. The predicted molar refractivity (Wildman–Crippen MR) is 120 cm³/mol. The van der Waals surface area contributed by atoms with E-state index in [1.54, 1.807) is 24.3 Å². The normalized spacial score (nSPS) is 10.7. The second kappa shape index (κ2) is 11.5. The molecule has 0 fully saturated rings. The van der Waals surface area contributed by atoms with E-state index in [0.717, 1.165) is 16.8 Å². The fourth-order valence-corrected chi connectivity index (χ4v) is 2.59. The van der Waals surface area contributed by atoms with Crippen molar-refractivity contribution in [1.82, 2.24) is 10.7 Å². The summed E-state index contributed by atoms with van der Waals surface area (Å²) in [4.78, 5) is 35.7. The molecule has 0 atom stereocenters. The Morgan fingerprint density at radius 2 is 1.81 bits per heavy atom. The summed E-state index contributed by atoms with van der Waals surface area (Å²) in [6.45, 7) is 7.97. The number of nitrogens with one attached hydrogen (secondary N) is 3. The molecule has 0 aromatic heterocycles. The second-order valence-electron chi connectivity index (χ2n) is 7.50. The minimum atomic E-state index is -0.858. The van der Waals surface area contributed by atoms with E-state index < -0.39 is 11.8 Å². The van der Waals surface area contributed by atoms with Gasteiger partial charge in [0.25, 0.3) is 5.91 Å². The van der Waals surface area contributed by atoms with Crippen LogP contribution in [0.3, 0.4) is 0 Å². The number of carbonyl (C=O) groups excluding carboxylic acids is 3. The number of carbonyl (C=O) groups is 3. The Morgan fingerprint density at radius 3 is 2.52 bits per heavy atom. The first-order chi connectivity index (χ1) is 14.8. The lowest BCUT2D eigenvalue weighted by molar-refractivity contribution is -0.139. The summed E-state index contributed by atoms with van der Waals surface area (Å²) >= 11 is 0. The molecule has 2 aromatic rings. The molecule has 8 nitrogen and oxygen atoms in total. The molecule has 2 rings (SSSR count). The molecular weight excluding hydrogens is 396 g/mol. The largest absolute Gasteiger partial charge is 0.483 e. The van der Waals surface area contributed by atoms with Gasteiger partial charge in [0.05, 0.1) is 6.21 Å². The maximum absolute atomic E-state index is 12.3. The summed E-state index contributed by atoms with van der Waals surface area (Å²) in [5, 5.41) is 9.13. The zero-order valence-electron chi connectivity index (χ0n) is 18.2. The van der Waals surface area contributed by atoms with Crippen LogP contribution < -0.4 is 20.8 Å². The van der Waals surface area contributed by atoms with E-state index in [1.165, 1.54) is 6.21 Å². The summed E-state index contributed by atoms with van der Waals surface area (Å²) in [5.74, 6) is -1.26. The van der Waals surface area contributed by atoms with Gasteiger partial charge >= 0.3 is 11.8 Å². The summed E-state index contributed by atoms with van der Waals surface area (Å²) in [6, 6.07) is 12.7. The molecule has 0 aliphatic carbocycles. The molecule has 0 saturated heterocycles. The van der Waals surface area contributed by atoms with Gasteiger partial charge in [-0.3, -0.25) is 14.4 Å². The minimum absolute atomic E-state index is 0.192. The summed E-state index contributed by atoms with van der Waals surface area (Å²) in [7, 11) is 0. The first kappa shape index (κ1) is 23.6. The van der Waals surface area contributed by atoms with Gasteiger partial charge in [-0.25, -0.2) is 5.43 Å². The number of benzene rings is 2. The monoisotopic (exact) mass is 424 g/mol. The standard InChI is InChI=1S/C23H28N4O4/c1-15(2)12-24-22(29)23(30)27-25-13-18-7-5-6-8-20(18)31-14-21(28)26-19-10-9-16(3)11-17(19)4/h5-11,13,15H,12,14H2,1-4H3,(H,24,29)(H,26,28)(H,27,30)/b25-13-. The molecular formula is C23H28N4O4. The highest BCUT2D eigenvalue weighted by Crippen LogP contribution is 2.18. The van der Waals surface area contributed by atoms with Crippen LogP contribution in [0.15, 0.2) is 47.6 Å². The van der Waals surface area contributed by atoms with Gasteiger partial charge in [-0.1, -0.05) is 43.7 Å². The molecule has 2 aromatic carbocycles. The zero-order chi connectivity index (χ0) is 22.8. The Hall–Kier alpha value is -3.68. The molecule has 0 spiro atoms. The van der Waals surface area contributed by atoms with E-state index in [1.807, 2.05) is 45.9 Å². The van der Waals surface area contributed by atoms with Crippen LogP contribution in [0.25, 0.3) is 0 Å². The zero-order valence-corrected chi connectivity index (χ0v) is 18.2. The second-order valence-corrected chi connectivity index (χ2v) is 7.50. The van der Waals surface area contributed by atoms with E-state index in [0.29, 0.717) is 17.9 Å². The number of amides is 3. The topological polar surface area (TPSA) is 109 Å². The number of rotatable bonds is 8. The number of aryl methyl sites for hydroxylation is 2. The quantitative estimate of drug-likeness (QED) is 0.344. The number of nitrogens with zero attached hydrogens (tertiary/aromatic N) is 1. The highest BCUT2D eigenvalue weighted by Gasteiger charge is 2.12. The van der Waals surface area contributed by atoms with Crippen molar-refractivity contribution in [1.29, 1.82) is 0 Å². The molecule has 0 aliphatic heterocycles. The number of hydrogen-bond donors (Lipinski definition) is 3. The van der Waals surface area contributed by atoms with E-state index in [-0.39, 0.29) is 18.4 Å². The van der Waals surface area contributed by atoms with Crippen molar-refractivity contribution < 1.29 is 19.1 Å². The van der Waals surface area contributed by atoms with Gasteiger partial charge in [0.2, 0.25) is 0 Å². The Bertz CT molecular complexity index is 970. The molecule has 3 N–H and O–H groups in total. The van der Waals surface area contributed by atoms with Gasteiger partial charge in [-0.05, 0) is 43.5 Å². The van der Waals surface area contributed by atoms with Gasteiger partial charge in [-0.2, -0.15) is 5.10 Å². The van der Waals surface area contributed by atoms with Crippen molar-refractivity contribution in [3.8, 4) is 5.75 Å². The van der Waals surface area contributed by atoms with E-state index in [2.05, 4.69) is 21.2 Å². The van der Waals surface area contributed by atoms with E-state index >= 15 is 0 Å². The Morgan fingerprint density at radius 1 is 1.06 bits per heavy atom. The highest BCUT2D eigenvalue weighted by molar-refractivity contribution is 6.35. The van der Waals surface area contributed by atoms with Gasteiger partial charge in [0, 0.05) is 17.8 Å². The van der Waals surface area contributed by atoms with Gasteiger partial charge in [0.15, 0.2) is 6.61 Å². The van der Waals surface area contributed by atoms with Crippen LogP contribution in [0, 0.1) is 19.8 Å². The lowest BCUT2D eigenvalue weighted by Gasteiger charge is -2.11. The SMILES string of the molecule is Cc1ccc(NC(=O)COc2ccccc2/C=N\NC(=O)C(=O)NCC(C)C)c(C)c1. The third kappa shape index (κ3) is 7.93. The van der Waals surface area contributed by atoms with Gasteiger partial charge < -0.3 is 15.4 Å². The molecule has 3 amide bonds. The summed E-state index contributed by atoms with van der Waals surface area (Å²) < 4.78 is 5.61. The molecule has 8 heteroatoms. The Labute approximate surface area is 182 Å². The first-order valence-corrected chi connectivity index (χ1v) is 9.96. The molecule has 0 heterocycles. The number of hydrazone groups is 1. The van der Waals surface area contributed by atoms with E-state index in [9.17, 15) is 14.4 Å². The highest BCUT2D eigenvalue weighted by atomic mass is 16.5. The van der Waals surface area contributed by atoms with Crippen LogP contribution in [0.5, 0.6) is 5.75 Å². The Balaban J connectivity index is 1.91. The number of hydrogen-bond acceptors (Lipinski definition) is 5. The van der Waals surface area contributed by atoms with Crippen LogP contribution in [-0.2, 0) is 14.4 Å². The fourth-order valence-electron chi connectivity index (χ4n) is 2.59. The van der Waals surface area contributed by atoms with Crippen molar-refractivity contribution in [2.24, 2.45) is 11.0 Å². The Kier molecular flexibility index (Phi) is 8.75.